The molecule has 25 heavy (non-hydrogen) atoms. The van der Waals surface area contributed by atoms with E-state index in [-0.39, 0.29) is 11.6 Å². The van der Waals surface area contributed by atoms with Gasteiger partial charge in [-0.15, -0.1) is 0 Å². The van der Waals surface area contributed by atoms with Crippen molar-refractivity contribution in [3.05, 3.63) is 70.8 Å². The number of aromatic carboxylic acids is 1. The average Bonchev–Trinajstić information content (AvgIpc) is 3.11. The summed E-state index contributed by atoms with van der Waals surface area (Å²) in [5, 5.41) is 15.0. The zero-order chi connectivity index (χ0) is 17.6. The number of benzene rings is 2. The molecule has 0 radical (unpaired) electrons. The van der Waals surface area contributed by atoms with Crippen LogP contribution in [-0.4, -0.2) is 13.1 Å². The third-order valence-electron chi connectivity index (χ3n) is 5.47. The third kappa shape index (κ3) is 2.49. The SMILES string of the molecule is COc1cccc([C@H]2Nc3c(ccc(C(=O)[O-])c3C)[C@@H]3C=CC[C@@H]23)c1. The number of carboxylic acids is 1. The number of anilines is 1. The maximum atomic E-state index is 11.4. The van der Waals surface area contributed by atoms with Crippen molar-refractivity contribution in [1.82, 2.24) is 0 Å². The summed E-state index contributed by atoms with van der Waals surface area (Å²) in [5.74, 6) is 0.395. The van der Waals surface area contributed by atoms with Crippen molar-refractivity contribution in [2.24, 2.45) is 5.92 Å². The van der Waals surface area contributed by atoms with E-state index in [1.54, 1.807) is 13.2 Å². The fraction of sp³-hybridized carbons (Fsp3) is 0.286. The van der Waals surface area contributed by atoms with Crippen LogP contribution in [0, 0.1) is 12.8 Å². The van der Waals surface area contributed by atoms with Crippen LogP contribution in [0.3, 0.4) is 0 Å². The van der Waals surface area contributed by atoms with Crippen molar-refractivity contribution in [3.63, 3.8) is 0 Å². The molecule has 4 nitrogen and oxygen atoms in total. The second kappa shape index (κ2) is 5.96. The maximum Gasteiger partial charge on any atom is 0.119 e. The Morgan fingerprint density at radius 1 is 1.28 bits per heavy atom. The van der Waals surface area contributed by atoms with E-state index in [1.807, 2.05) is 25.1 Å². The van der Waals surface area contributed by atoms with E-state index in [0.717, 1.165) is 29.0 Å². The number of fused-ring (bicyclic) bond motifs is 3. The number of ether oxygens (including phenoxy) is 1. The summed E-state index contributed by atoms with van der Waals surface area (Å²) in [5.41, 5.74) is 4.23. The summed E-state index contributed by atoms with van der Waals surface area (Å²) in [6, 6.07) is 11.8. The zero-order valence-electron chi connectivity index (χ0n) is 14.3. The zero-order valence-corrected chi connectivity index (χ0v) is 14.3. The second-order valence-corrected chi connectivity index (χ2v) is 6.74. The number of hydrogen-bond donors (Lipinski definition) is 1. The van der Waals surface area contributed by atoms with E-state index in [2.05, 4.69) is 29.6 Å². The van der Waals surface area contributed by atoms with Gasteiger partial charge in [-0.25, -0.2) is 0 Å². The largest absolute Gasteiger partial charge is 0.545 e. The van der Waals surface area contributed by atoms with Gasteiger partial charge in [0.15, 0.2) is 0 Å². The lowest BCUT2D eigenvalue weighted by Crippen LogP contribution is -2.31. The van der Waals surface area contributed by atoms with Gasteiger partial charge in [0.05, 0.1) is 19.1 Å². The van der Waals surface area contributed by atoms with E-state index in [9.17, 15) is 9.90 Å². The van der Waals surface area contributed by atoms with Crippen molar-refractivity contribution >= 4 is 11.7 Å². The normalized spacial score (nSPS) is 23.5. The van der Waals surface area contributed by atoms with E-state index in [0.29, 0.717) is 11.8 Å². The summed E-state index contributed by atoms with van der Waals surface area (Å²) in [4.78, 5) is 11.4. The predicted octanol–water partition coefficient (Wildman–Crippen LogP) is 3.19. The molecule has 2 aromatic rings. The van der Waals surface area contributed by atoms with Gasteiger partial charge in [-0.3, -0.25) is 0 Å². The fourth-order valence-electron chi connectivity index (χ4n) is 4.20. The first kappa shape index (κ1) is 15.8. The number of rotatable bonds is 3. The van der Waals surface area contributed by atoms with Gasteiger partial charge in [-0.2, -0.15) is 0 Å². The van der Waals surface area contributed by atoms with Crippen LogP contribution in [0.25, 0.3) is 0 Å². The molecule has 2 aromatic carbocycles. The summed E-state index contributed by atoms with van der Waals surface area (Å²) in [6.45, 7) is 1.85. The Hall–Kier alpha value is -2.75. The van der Waals surface area contributed by atoms with Gasteiger partial charge in [-0.05, 0) is 48.1 Å². The van der Waals surface area contributed by atoms with Gasteiger partial charge in [0, 0.05) is 17.2 Å². The van der Waals surface area contributed by atoms with Gasteiger partial charge in [0.25, 0.3) is 0 Å². The molecule has 4 rings (SSSR count). The standard InChI is InChI=1S/C21H21NO3/c1-12-15(21(23)24)9-10-18-16-7-4-8-17(16)20(22-19(12)18)13-5-3-6-14(11-13)25-2/h3-7,9-11,16-17,20,22H,8H2,1-2H3,(H,23,24)/p-1/t16-,17-,20-/m1/s1. The second-order valence-electron chi connectivity index (χ2n) is 6.74. The highest BCUT2D eigenvalue weighted by Crippen LogP contribution is 2.51. The minimum Gasteiger partial charge on any atom is -0.545 e. The lowest BCUT2D eigenvalue weighted by Gasteiger charge is -2.39. The monoisotopic (exact) mass is 334 g/mol. The molecule has 0 unspecified atom stereocenters. The highest BCUT2D eigenvalue weighted by molar-refractivity contribution is 5.90. The van der Waals surface area contributed by atoms with Crippen molar-refractivity contribution in [2.45, 2.75) is 25.3 Å². The Bertz CT molecular complexity index is 871. The first-order chi connectivity index (χ1) is 12.1. The quantitative estimate of drug-likeness (QED) is 0.876. The third-order valence-corrected chi connectivity index (χ3v) is 5.47. The first-order valence-electron chi connectivity index (χ1n) is 8.52. The van der Waals surface area contributed by atoms with Crippen molar-refractivity contribution in [1.29, 1.82) is 0 Å². The van der Waals surface area contributed by atoms with E-state index in [1.165, 1.54) is 5.56 Å². The van der Waals surface area contributed by atoms with Crippen molar-refractivity contribution < 1.29 is 14.6 Å². The van der Waals surface area contributed by atoms with Crippen molar-refractivity contribution in [3.8, 4) is 5.75 Å². The molecule has 0 spiro atoms. The highest BCUT2D eigenvalue weighted by Gasteiger charge is 2.38. The summed E-state index contributed by atoms with van der Waals surface area (Å²) < 4.78 is 5.37. The number of methoxy groups -OCH3 is 1. The molecule has 0 amide bonds. The van der Waals surface area contributed by atoms with E-state index in [4.69, 9.17) is 4.74 Å². The van der Waals surface area contributed by atoms with Crippen LogP contribution in [0.1, 0.15) is 45.4 Å². The molecule has 0 bridgehead atoms. The summed E-state index contributed by atoms with van der Waals surface area (Å²) in [7, 11) is 1.67. The minimum absolute atomic E-state index is 0.110. The number of carbonyl (C=O) groups excluding carboxylic acids is 1. The summed E-state index contributed by atoms with van der Waals surface area (Å²) >= 11 is 0. The number of carboxylic acid groups (broad SMARTS) is 1. The molecular formula is C21H20NO3-. The molecule has 1 aliphatic carbocycles. The van der Waals surface area contributed by atoms with E-state index >= 15 is 0 Å². The molecule has 3 atom stereocenters. The molecule has 1 N–H and O–H groups in total. The molecule has 0 aromatic heterocycles. The minimum atomic E-state index is -1.14. The van der Waals surface area contributed by atoms with Crippen LogP contribution in [0.2, 0.25) is 0 Å². The Kier molecular flexibility index (Phi) is 3.75. The average molecular weight is 334 g/mol. The maximum absolute atomic E-state index is 11.4. The van der Waals surface area contributed by atoms with Crippen LogP contribution in [0.15, 0.2) is 48.6 Å². The van der Waals surface area contributed by atoms with Crippen LogP contribution >= 0.6 is 0 Å². The molecule has 2 aliphatic rings. The van der Waals surface area contributed by atoms with Crippen molar-refractivity contribution in [2.75, 3.05) is 12.4 Å². The molecule has 128 valence electrons. The number of allylic oxidation sites excluding steroid dienone is 2. The highest BCUT2D eigenvalue weighted by atomic mass is 16.5. The Balaban J connectivity index is 1.83. The van der Waals surface area contributed by atoms with Crippen LogP contribution < -0.4 is 15.2 Å². The van der Waals surface area contributed by atoms with Gasteiger partial charge < -0.3 is 20.0 Å². The fourth-order valence-corrected chi connectivity index (χ4v) is 4.20. The van der Waals surface area contributed by atoms with Crippen LogP contribution in [0.5, 0.6) is 5.75 Å². The van der Waals surface area contributed by atoms with Crippen LogP contribution in [0.4, 0.5) is 5.69 Å². The van der Waals surface area contributed by atoms with Crippen LogP contribution in [-0.2, 0) is 0 Å². The van der Waals surface area contributed by atoms with Gasteiger partial charge in [0.2, 0.25) is 0 Å². The molecule has 0 saturated carbocycles. The Labute approximate surface area is 147 Å². The molecule has 1 heterocycles. The molecule has 0 fully saturated rings. The number of carbonyl (C=O) groups is 1. The Morgan fingerprint density at radius 2 is 2.12 bits per heavy atom. The topological polar surface area (TPSA) is 61.4 Å². The molecular weight excluding hydrogens is 314 g/mol. The predicted molar refractivity (Wildman–Crippen MR) is 94.9 cm³/mol. The van der Waals surface area contributed by atoms with Gasteiger partial charge >= 0.3 is 0 Å². The first-order valence-corrected chi connectivity index (χ1v) is 8.52. The van der Waals surface area contributed by atoms with Gasteiger partial charge in [0.1, 0.15) is 5.75 Å². The lowest BCUT2D eigenvalue weighted by molar-refractivity contribution is -0.255. The van der Waals surface area contributed by atoms with E-state index < -0.39 is 5.97 Å². The molecule has 4 heteroatoms. The number of hydrogen-bond acceptors (Lipinski definition) is 4. The summed E-state index contributed by atoms with van der Waals surface area (Å²) in [6.07, 6.45) is 5.47. The van der Waals surface area contributed by atoms with Gasteiger partial charge in [-0.1, -0.05) is 36.4 Å². The smallest absolute Gasteiger partial charge is 0.119 e. The lowest BCUT2D eigenvalue weighted by atomic mass is 9.76. The Morgan fingerprint density at radius 3 is 2.88 bits per heavy atom. The molecule has 0 saturated heterocycles. The molecule has 1 aliphatic heterocycles. The number of nitrogens with one attached hydrogen (secondary N) is 1.